The minimum Gasteiger partial charge on any atom is -0.393 e. The molecule has 0 radical (unpaired) electrons. The summed E-state index contributed by atoms with van der Waals surface area (Å²) >= 11 is 0. The highest BCUT2D eigenvalue weighted by Crippen LogP contribution is 2.26. The molecule has 1 rings (SSSR count). The molecular weight excluding hydrogens is 252 g/mol. The Morgan fingerprint density at radius 1 is 1.05 bits per heavy atom. The molecule has 2 atom stereocenters. The third-order valence-corrected chi connectivity index (χ3v) is 4.20. The first-order valence-corrected chi connectivity index (χ1v) is 8.38. The Morgan fingerprint density at radius 3 is 2.20 bits per heavy atom. The normalized spacial score (nSPS) is 20.2. The van der Waals surface area contributed by atoms with Crippen LogP contribution in [-0.2, 0) is 14.3 Å². The minimum absolute atomic E-state index is 0.174. The molecule has 20 heavy (non-hydrogen) atoms. The fraction of sp³-hybridized carbons (Fsp3) is 0.882. The molecule has 0 bridgehead atoms. The van der Waals surface area contributed by atoms with Gasteiger partial charge in [0.05, 0.1) is 12.3 Å². The predicted octanol–water partition coefficient (Wildman–Crippen LogP) is 4.63. The lowest BCUT2D eigenvalue weighted by Gasteiger charge is -2.13. The summed E-state index contributed by atoms with van der Waals surface area (Å²) in [5.41, 5.74) is 0. The van der Waals surface area contributed by atoms with Crippen LogP contribution in [0, 0.1) is 11.8 Å². The van der Waals surface area contributed by atoms with Crippen LogP contribution in [0.4, 0.5) is 0 Å². The Balaban J connectivity index is 1.96. The van der Waals surface area contributed by atoms with Crippen molar-refractivity contribution in [1.82, 2.24) is 0 Å². The van der Waals surface area contributed by atoms with Gasteiger partial charge in [-0.25, -0.2) is 0 Å². The quantitative estimate of drug-likeness (QED) is 0.315. The summed E-state index contributed by atoms with van der Waals surface area (Å²) in [7, 11) is 0. The Hall–Kier alpha value is -0.860. The maximum atomic E-state index is 11.4. The van der Waals surface area contributed by atoms with Gasteiger partial charge in [-0.1, -0.05) is 71.6 Å². The van der Waals surface area contributed by atoms with E-state index in [1.54, 1.807) is 0 Å². The molecule has 1 unspecified atom stereocenters. The van der Waals surface area contributed by atoms with Crippen molar-refractivity contribution in [1.29, 1.82) is 0 Å². The summed E-state index contributed by atoms with van der Waals surface area (Å²) in [6, 6.07) is 0. The SMILES string of the molecule is CCCCCCCCCC[C@@H](C)CC1CC(=O)OC1=O. The molecule has 1 heterocycles. The molecule has 0 aromatic heterocycles. The Kier molecular flexibility index (Phi) is 8.56. The highest BCUT2D eigenvalue weighted by atomic mass is 16.6. The molecular formula is C17H30O3. The zero-order chi connectivity index (χ0) is 14.8. The average Bonchev–Trinajstić information content (AvgIpc) is 2.71. The second-order valence-corrected chi connectivity index (χ2v) is 6.30. The lowest BCUT2D eigenvalue weighted by molar-refractivity contribution is -0.153. The van der Waals surface area contributed by atoms with E-state index in [0.29, 0.717) is 12.3 Å². The lowest BCUT2D eigenvalue weighted by atomic mass is 9.90. The van der Waals surface area contributed by atoms with Crippen LogP contribution in [0.1, 0.15) is 84.5 Å². The molecule has 1 saturated heterocycles. The van der Waals surface area contributed by atoms with Gasteiger partial charge < -0.3 is 4.74 Å². The molecule has 116 valence electrons. The molecule has 0 aliphatic carbocycles. The van der Waals surface area contributed by atoms with Crippen molar-refractivity contribution in [3.63, 3.8) is 0 Å². The van der Waals surface area contributed by atoms with E-state index in [-0.39, 0.29) is 17.9 Å². The first-order chi connectivity index (χ1) is 9.63. The second kappa shape index (κ2) is 9.95. The van der Waals surface area contributed by atoms with Crippen LogP contribution in [0.15, 0.2) is 0 Å². The van der Waals surface area contributed by atoms with E-state index < -0.39 is 0 Å². The fourth-order valence-electron chi connectivity index (χ4n) is 2.93. The van der Waals surface area contributed by atoms with Gasteiger partial charge in [-0.3, -0.25) is 9.59 Å². The van der Waals surface area contributed by atoms with Crippen molar-refractivity contribution in [3.8, 4) is 0 Å². The van der Waals surface area contributed by atoms with Gasteiger partial charge in [0.1, 0.15) is 0 Å². The highest BCUT2D eigenvalue weighted by molar-refractivity contribution is 5.94. The van der Waals surface area contributed by atoms with Crippen LogP contribution in [0.2, 0.25) is 0 Å². The van der Waals surface area contributed by atoms with E-state index in [9.17, 15) is 9.59 Å². The van der Waals surface area contributed by atoms with Crippen LogP contribution in [0.25, 0.3) is 0 Å². The maximum absolute atomic E-state index is 11.4. The van der Waals surface area contributed by atoms with Gasteiger partial charge in [0.2, 0.25) is 0 Å². The molecule has 0 spiro atoms. The van der Waals surface area contributed by atoms with Crippen molar-refractivity contribution >= 4 is 11.9 Å². The molecule has 0 aromatic carbocycles. The van der Waals surface area contributed by atoms with Crippen LogP contribution in [-0.4, -0.2) is 11.9 Å². The van der Waals surface area contributed by atoms with Gasteiger partial charge >= 0.3 is 11.9 Å². The minimum atomic E-state index is -0.348. The molecule has 3 nitrogen and oxygen atoms in total. The zero-order valence-electron chi connectivity index (χ0n) is 13.2. The van der Waals surface area contributed by atoms with Crippen molar-refractivity contribution in [2.24, 2.45) is 11.8 Å². The first kappa shape index (κ1) is 17.2. The van der Waals surface area contributed by atoms with Crippen LogP contribution < -0.4 is 0 Å². The van der Waals surface area contributed by atoms with E-state index in [2.05, 4.69) is 18.6 Å². The summed E-state index contributed by atoms with van der Waals surface area (Å²) in [4.78, 5) is 22.4. The monoisotopic (exact) mass is 282 g/mol. The lowest BCUT2D eigenvalue weighted by Crippen LogP contribution is -2.11. The third kappa shape index (κ3) is 7.06. The van der Waals surface area contributed by atoms with Crippen molar-refractivity contribution in [2.75, 3.05) is 0 Å². The van der Waals surface area contributed by atoms with E-state index in [0.717, 1.165) is 12.8 Å². The number of carbonyl (C=O) groups is 2. The van der Waals surface area contributed by atoms with Gasteiger partial charge in [-0.2, -0.15) is 0 Å². The number of hydrogen-bond acceptors (Lipinski definition) is 3. The molecule has 3 heteroatoms. The van der Waals surface area contributed by atoms with Gasteiger partial charge in [0, 0.05) is 0 Å². The summed E-state index contributed by atoms with van der Waals surface area (Å²) in [6.07, 6.45) is 12.9. The molecule has 1 aliphatic rings. The van der Waals surface area contributed by atoms with Crippen molar-refractivity contribution in [2.45, 2.75) is 84.5 Å². The molecule has 0 N–H and O–H groups in total. The summed E-state index contributed by atoms with van der Waals surface area (Å²) in [5, 5.41) is 0. The average molecular weight is 282 g/mol. The number of unbranched alkanes of at least 4 members (excludes halogenated alkanes) is 7. The zero-order valence-corrected chi connectivity index (χ0v) is 13.2. The Bertz CT molecular complexity index is 299. The number of esters is 2. The largest absolute Gasteiger partial charge is 0.393 e. The van der Waals surface area contributed by atoms with E-state index >= 15 is 0 Å². The number of ether oxygens (including phenoxy) is 1. The van der Waals surface area contributed by atoms with Crippen LogP contribution >= 0.6 is 0 Å². The van der Waals surface area contributed by atoms with Gasteiger partial charge in [0.15, 0.2) is 0 Å². The summed E-state index contributed by atoms with van der Waals surface area (Å²) in [6.45, 7) is 4.42. The van der Waals surface area contributed by atoms with Gasteiger partial charge in [0.25, 0.3) is 0 Å². The van der Waals surface area contributed by atoms with Crippen molar-refractivity contribution in [3.05, 3.63) is 0 Å². The van der Waals surface area contributed by atoms with Gasteiger partial charge in [-0.15, -0.1) is 0 Å². The van der Waals surface area contributed by atoms with E-state index in [4.69, 9.17) is 0 Å². The topological polar surface area (TPSA) is 43.4 Å². The smallest absolute Gasteiger partial charge is 0.317 e. The predicted molar refractivity (Wildman–Crippen MR) is 80.2 cm³/mol. The number of hydrogen-bond donors (Lipinski definition) is 0. The molecule has 1 aliphatic heterocycles. The maximum Gasteiger partial charge on any atom is 0.317 e. The first-order valence-electron chi connectivity index (χ1n) is 8.38. The highest BCUT2D eigenvalue weighted by Gasteiger charge is 2.33. The van der Waals surface area contributed by atoms with Crippen molar-refractivity contribution < 1.29 is 14.3 Å². The molecule has 1 fully saturated rings. The van der Waals surface area contributed by atoms with Gasteiger partial charge in [-0.05, 0) is 12.3 Å². The Labute approximate surface area is 123 Å². The summed E-state index contributed by atoms with van der Waals surface area (Å²) < 4.78 is 4.59. The molecule has 0 saturated carbocycles. The molecule has 0 aromatic rings. The third-order valence-electron chi connectivity index (χ3n) is 4.20. The number of cyclic esters (lactones) is 2. The number of carbonyl (C=O) groups excluding carboxylic acids is 2. The standard InChI is InChI=1S/C17H30O3/c1-3-4-5-6-7-8-9-10-11-14(2)12-15-13-16(18)20-17(15)19/h14-15H,3-13H2,1-2H3/t14-,15?/m1/s1. The molecule has 0 amide bonds. The van der Waals surface area contributed by atoms with Crippen LogP contribution in [0.3, 0.4) is 0 Å². The fourth-order valence-corrected chi connectivity index (χ4v) is 2.93. The van der Waals surface area contributed by atoms with E-state index in [1.165, 1.54) is 51.4 Å². The van der Waals surface area contributed by atoms with E-state index in [1.807, 2.05) is 0 Å². The number of rotatable bonds is 11. The summed E-state index contributed by atoms with van der Waals surface area (Å²) in [5.74, 6) is -0.317. The Morgan fingerprint density at radius 2 is 1.65 bits per heavy atom. The van der Waals surface area contributed by atoms with Crippen LogP contribution in [0.5, 0.6) is 0 Å². The second-order valence-electron chi connectivity index (χ2n) is 6.30.